The Kier molecular flexibility index (Phi) is 6.18. The number of rotatable bonds is 6. The normalized spacial score (nSPS) is 10.8. The molecule has 2 heterocycles. The molecule has 1 N–H and O–H groups in total. The number of benzene rings is 2. The van der Waals surface area contributed by atoms with E-state index in [1.807, 2.05) is 0 Å². The van der Waals surface area contributed by atoms with Gasteiger partial charge in [0.1, 0.15) is 16.6 Å². The maximum atomic E-state index is 13.5. The van der Waals surface area contributed by atoms with Crippen molar-refractivity contribution in [3.8, 4) is 11.4 Å². The number of esters is 1. The van der Waals surface area contributed by atoms with Crippen molar-refractivity contribution in [2.24, 2.45) is 0 Å². The van der Waals surface area contributed by atoms with Crippen LogP contribution in [0.15, 0.2) is 58.7 Å². The molecule has 0 unspecified atom stereocenters. The molecule has 2 aromatic heterocycles. The first kappa shape index (κ1) is 22.2. The zero-order chi connectivity index (χ0) is 23.5. The van der Waals surface area contributed by atoms with Crippen LogP contribution in [0.25, 0.3) is 16.5 Å². The summed E-state index contributed by atoms with van der Waals surface area (Å²) in [5.41, 5.74) is -0.127. The van der Waals surface area contributed by atoms with Crippen LogP contribution < -0.4 is 15.6 Å². The van der Waals surface area contributed by atoms with Crippen LogP contribution in [0, 0.1) is 5.82 Å². The Bertz CT molecular complexity index is 1410. The van der Waals surface area contributed by atoms with E-state index in [1.54, 1.807) is 36.6 Å². The van der Waals surface area contributed by atoms with Crippen molar-refractivity contribution in [3.05, 3.63) is 81.3 Å². The molecular weight excluding hydrogens is 449 g/mol. The monoisotopic (exact) mass is 467 g/mol. The molecule has 10 heteroatoms. The zero-order valence-corrected chi connectivity index (χ0v) is 18.4. The van der Waals surface area contributed by atoms with Crippen molar-refractivity contribution in [2.75, 3.05) is 19.0 Å². The van der Waals surface area contributed by atoms with Gasteiger partial charge >= 0.3 is 5.97 Å². The molecule has 0 spiro atoms. The second-order valence-corrected chi connectivity index (χ2v) is 7.68. The number of nitrogens with one attached hydrogen (secondary N) is 1. The first-order chi connectivity index (χ1) is 15.9. The van der Waals surface area contributed by atoms with Gasteiger partial charge in [-0.3, -0.25) is 9.59 Å². The third-order valence-electron chi connectivity index (χ3n) is 4.75. The average Bonchev–Trinajstić information content (AvgIpc) is 3.23. The largest absolute Gasteiger partial charge is 0.497 e. The highest BCUT2D eigenvalue weighted by molar-refractivity contribution is 7.16. The van der Waals surface area contributed by atoms with Gasteiger partial charge < -0.3 is 14.8 Å². The number of halogens is 1. The molecule has 0 aliphatic carbocycles. The van der Waals surface area contributed by atoms with Gasteiger partial charge in [0.2, 0.25) is 0 Å². The first-order valence-electron chi connectivity index (χ1n) is 9.86. The molecular formula is C23H18FN3O5S. The molecule has 0 atom stereocenters. The number of carbonyl (C=O) groups is 2. The molecule has 0 aliphatic rings. The highest BCUT2D eigenvalue weighted by atomic mass is 32.1. The second kappa shape index (κ2) is 9.21. The van der Waals surface area contributed by atoms with Gasteiger partial charge in [-0.05, 0) is 49.4 Å². The topological polar surface area (TPSA) is 99.5 Å². The number of nitrogens with zero attached hydrogens (tertiary/aromatic N) is 2. The maximum Gasteiger partial charge on any atom is 0.359 e. The second-order valence-electron chi connectivity index (χ2n) is 6.80. The van der Waals surface area contributed by atoms with Crippen LogP contribution in [0.4, 0.5) is 9.39 Å². The van der Waals surface area contributed by atoms with Crippen LogP contribution in [0.2, 0.25) is 0 Å². The molecule has 0 bridgehead atoms. The van der Waals surface area contributed by atoms with Crippen molar-refractivity contribution in [2.45, 2.75) is 6.92 Å². The minimum atomic E-state index is -0.703. The SMILES string of the molecule is CCOC(=O)c1nn(-c2ccc(OC)cc2)c(=O)c2c(NC(=O)c3cccc(F)c3)scc12. The Morgan fingerprint density at radius 3 is 2.61 bits per heavy atom. The molecule has 0 saturated carbocycles. The molecule has 0 saturated heterocycles. The fourth-order valence-corrected chi connectivity index (χ4v) is 4.13. The summed E-state index contributed by atoms with van der Waals surface area (Å²) in [5, 5.41) is 8.99. The van der Waals surface area contributed by atoms with Crippen molar-refractivity contribution in [1.82, 2.24) is 9.78 Å². The summed E-state index contributed by atoms with van der Waals surface area (Å²) >= 11 is 1.06. The summed E-state index contributed by atoms with van der Waals surface area (Å²) in [6.45, 7) is 1.78. The highest BCUT2D eigenvalue weighted by Gasteiger charge is 2.23. The summed E-state index contributed by atoms with van der Waals surface area (Å²) < 4.78 is 24.9. The molecule has 2 aromatic carbocycles. The third-order valence-corrected chi connectivity index (χ3v) is 5.65. The number of ether oxygens (including phenoxy) is 2. The first-order valence-corrected chi connectivity index (χ1v) is 10.7. The third kappa shape index (κ3) is 4.33. The van der Waals surface area contributed by atoms with Crippen molar-refractivity contribution < 1.29 is 23.5 Å². The van der Waals surface area contributed by atoms with Gasteiger partial charge in [-0.25, -0.2) is 9.18 Å². The minimum Gasteiger partial charge on any atom is -0.497 e. The standard InChI is InChI=1S/C23H18FN3O5S/c1-3-32-23(30)19-17-12-33-21(25-20(28)13-5-4-6-14(24)11-13)18(17)22(29)27(26-19)15-7-9-16(31-2)10-8-15/h4-12H,3H2,1-2H3,(H,25,28). The van der Waals surface area contributed by atoms with Crippen LogP contribution >= 0.6 is 11.3 Å². The van der Waals surface area contributed by atoms with E-state index in [1.165, 1.54) is 25.3 Å². The molecule has 1 amide bonds. The Morgan fingerprint density at radius 2 is 1.94 bits per heavy atom. The number of anilines is 1. The summed E-state index contributed by atoms with van der Waals surface area (Å²) in [6.07, 6.45) is 0. The van der Waals surface area contributed by atoms with Gasteiger partial charge in [0.25, 0.3) is 11.5 Å². The molecule has 4 aromatic rings. The van der Waals surface area contributed by atoms with Crippen molar-refractivity contribution in [3.63, 3.8) is 0 Å². The number of fused-ring (bicyclic) bond motifs is 1. The van der Waals surface area contributed by atoms with E-state index in [9.17, 15) is 18.8 Å². The fraction of sp³-hybridized carbons (Fsp3) is 0.130. The minimum absolute atomic E-state index is 0.0650. The lowest BCUT2D eigenvalue weighted by molar-refractivity contribution is 0.0520. The summed E-state index contributed by atoms with van der Waals surface area (Å²) in [6, 6.07) is 11.7. The lowest BCUT2D eigenvalue weighted by atomic mass is 10.2. The number of hydrogen-bond donors (Lipinski definition) is 1. The van der Waals surface area contributed by atoms with E-state index in [-0.39, 0.29) is 33.6 Å². The van der Waals surface area contributed by atoms with E-state index in [2.05, 4.69) is 10.4 Å². The highest BCUT2D eigenvalue weighted by Crippen LogP contribution is 2.31. The smallest absolute Gasteiger partial charge is 0.359 e. The zero-order valence-electron chi connectivity index (χ0n) is 17.6. The van der Waals surface area contributed by atoms with Gasteiger partial charge in [-0.15, -0.1) is 11.3 Å². The maximum absolute atomic E-state index is 13.5. The number of aromatic nitrogens is 2. The van der Waals surface area contributed by atoms with Crippen LogP contribution in [0.3, 0.4) is 0 Å². The van der Waals surface area contributed by atoms with Gasteiger partial charge in [0, 0.05) is 16.3 Å². The van der Waals surface area contributed by atoms with E-state index < -0.39 is 23.3 Å². The Morgan fingerprint density at radius 1 is 1.18 bits per heavy atom. The number of methoxy groups -OCH3 is 1. The quantitative estimate of drug-likeness (QED) is 0.430. The number of amides is 1. The number of thiophene rings is 1. The van der Waals surface area contributed by atoms with E-state index in [4.69, 9.17) is 9.47 Å². The van der Waals surface area contributed by atoms with Gasteiger partial charge in [0.15, 0.2) is 5.69 Å². The molecule has 0 aliphatic heterocycles. The van der Waals surface area contributed by atoms with Gasteiger partial charge in [-0.1, -0.05) is 6.07 Å². The van der Waals surface area contributed by atoms with E-state index in [0.717, 1.165) is 22.1 Å². The van der Waals surface area contributed by atoms with Crippen LogP contribution in [-0.4, -0.2) is 35.4 Å². The van der Waals surface area contributed by atoms with E-state index in [0.29, 0.717) is 11.4 Å². The molecule has 168 valence electrons. The number of hydrogen-bond acceptors (Lipinski definition) is 7. The fourth-order valence-electron chi connectivity index (χ4n) is 3.20. The van der Waals surface area contributed by atoms with Crippen molar-refractivity contribution in [1.29, 1.82) is 0 Å². The molecule has 4 rings (SSSR count). The number of carbonyl (C=O) groups excluding carboxylic acids is 2. The van der Waals surface area contributed by atoms with Crippen molar-refractivity contribution >= 4 is 39.0 Å². The lowest BCUT2D eigenvalue weighted by Crippen LogP contribution is -2.25. The Labute approximate surface area is 191 Å². The molecule has 33 heavy (non-hydrogen) atoms. The Hall–Kier alpha value is -4.05. The Balaban J connectivity index is 1.87. The van der Waals surface area contributed by atoms with Crippen LogP contribution in [0.1, 0.15) is 27.8 Å². The molecule has 0 fully saturated rings. The average molecular weight is 467 g/mol. The summed E-state index contributed by atoms with van der Waals surface area (Å²) in [7, 11) is 1.52. The van der Waals surface area contributed by atoms with E-state index >= 15 is 0 Å². The van der Waals surface area contributed by atoms with Gasteiger partial charge in [0.05, 0.1) is 24.8 Å². The van der Waals surface area contributed by atoms with Crippen LogP contribution in [-0.2, 0) is 4.74 Å². The summed E-state index contributed by atoms with van der Waals surface area (Å²) in [5.74, 6) is -1.28. The molecule has 0 radical (unpaired) electrons. The van der Waals surface area contributed by atoms with Gasteiger partial charge in [-0.2, -0.15) is 9.78 Å². The predicted molar refractivity (Wildman–Crippen MR) is 122 cm³/mol. The summed E-state index contributed by atoms with van der Waals surface area (Å²) in [4.78, 5) is 38.6. The lowest BCUT2D eigenvalue weighted by Gasteiger charge is -2.10. The molecule has 8 nitrogen and oxygen atoms in total. The predicted octanol–water partition coefficient (Wildman–Crippen LogP) is 4.02. The van der Waals surface area contributed by atoms with Crippen LogP contribution in [0.5, 0.6) is 5.75 Å².